The monoisotopic (exact) mass is 261 g/mol. The van der Waals surface area contributed by atoms with E-state index in [1.54, 1.807) is 0 Å². The molecule has 5 nitrogen and oxygen atoms in total. The Morgan fingerprint density at radius 2 is 2.40 bits per heavy atom. The summed E-state index contributed by atoms with van der Waals surface area (Å²) >= 11 is 0. The fourth-order valence-corrected chi connectivity index (χ4v) is 0.362. The number of carbonyl (C=O) groups excluding carboxylic acids is 1. The van der Waals surface area contributed by atoms with Crippen LogP contribution in [-0.4, -0.2) is 16.2 Å². The molecule has 0 saturated heterocycles. The zero-order valence-electron chi connectivity index (χ0n) is 5.20. The van der Waals surface area contributed by atoms with Crippen molar-refractivity contribution in [3.8, 4) is 5.88 Å². The number of hydrogen-bond donors (Lipinski definition) is 1. The normalized spacial score (nSPS) is 8.40. The van der Waals surface area contributed by atoms with Gasteiger partial charge in [0.2, 0.25) is 0 Å². The molecule has 0 unspecified atom stereocenters. The average molecular weight is 261 g/mol. The van der Waals surface area contributed by atoms with Crippen molar-refractivity contribution in [2.24, 2.45) is 0 Å². The van der Waals surface area contributed by atoms with Crippen molar-refractivity contribution in [2.45, 2.75) is 0 Å². The summed E-state index contributed by atoms with van der Waals surface area (Å²) in [4.78, 5) is 9.86. The van der Waals surface area contributed by atoms with Gasteiger partial charge in [-0.05, 0) is 5.16 Å². The first kappa shape index (κ1) is 10.5. The van der Waals surface area contributed by atoms with Crippen LogP contribution in [0.5, 0.6) is 5.88 Å². The van der Waals surface area contributed by atoms with Crippen LogP contribution in [0.2, 0.25) is 0 Å². The minimum Gasteiger partial charge on any atom is -0.541 e. The maximum absolute atomic E-state index is 9.86. The fraction of sp³-hybridized carbons (Fsp3) is 0. The van der Waals surface area contributed by atoms with E-state index in [1.807, 2.05) is 0 Å². The van der Waals surface area contributed by atoms with E-state index in [2.05, 4.69) is 9.68 Å². The summed E-state index contributed by atoms with van der Waals surface area (Å²) in [6, 6.07) is 0.856. The number of aromatic hydroxyl groups is 1. The molecule has 1 rings (SSSR count). The number of carbonyl (C=O) groups is 1. The van der Waals surface area contributed by atoms with E-state index >= 15 is 0 Å². The second-order valence-corrected chi connectivity index (χ2v) is 1.34. The molecule has 0 spiro atoms. The molecular formula is C4H2CsNO4. The summed E-state index contributed by atoms with van der Waals surface area (Å²) in [5.41, 5.74) is 0. The molecule has 10 heavy (non-hydrogen) atoms. The van der Waals surface area contributed by atoms with Crippen LogP contribution in [0.15, 0.2) is 10.6 Å². The van der Waals surface area contributed by atoms with Gasteiger partial charge >= 0.3 is 68.9 Å². The van der Waals surface area contributed by atoms with Crippen LogP contribution in [0.3, 0.4) is 0 Å². The number of aromatic carboxylic acids is 1. The van der Waals surface area contributed by atoms with Gasteiger partial charge in [0.05, 0.1) is 6.07 Å². The van der Waals surface area contributed by atoms with Crippen molar-refractivity contribution >= 4 is 5.97 Å². The Morgan fingerprint density at radius 3 is 2.60 bits per heavy atom. The van der Waals surface area contributed by atoms with Gasteiger partial charge in [-0.2, -0.15) is 0 Å². The minimum absolute atomic E-state index is 0. The van der Waals surface area contributed by atoms with Gasteiger partial charge in [0, 0.05) is 0 Å². The van der Waals surface area contributed by atoms with Crippen molar-refractivity contribution in [3.05, 3.63) is 11.8 Å². The molecular weight excluding hydrogens is 259 g/mol. The second kappa shape index (κ2) is 4.42. The van der Waals surface area contributed by atoms with Crippen LogP contribution in [0.4, 0.5) is 0 Å². The summed E-state index contributed by atoms with van der Waals surface area (Å²) in [7, 11) is 0. The van der Waals surface area contributed by atoms with Crippen LogP contribution in [0.25, 0.3) is 0 Å². The Bertz CT molecular complexity index is 233. The van der Waals surface area contributed by atoms with Gasteiger partial charge in [-0.1, -0.05) is 0 Å². The quantitative estimate of drug-likeness (QED) is 0.553. The van der Waals surface area contributed by atoms with E-state index in [9.17, 15) is 9.90 Å². The summed E-state index contributed by atoms with van der Waals surface area (Å²) in [5, 5.41) is 21.2. The predicted molar refractivity (Wildman–Crippen MR) is 22.5 cm³/mol. The van der Waals surface area contributed by atoms with E-state index in [-0.39, 0.29) is 68.9 Å². The molecule has 0 aliphatic carbocycles. The molecule has 0 aliphatic heterocycles. The van der Waals surface area contributed by atoms with E-state index in [0.29, 0.717) is 0 Å². The Balaban J connectivity index is 0.000000810. The summed E-state index contributed by atoms with van der Waals surface area (Å²) < 4.78 is 4.06. The molecule has 0 radical (unpaired) electrons. The van der Waals surface area contributed by atoms with Crippen LogP contribution in [0, 0.1) is 0 Å². The van der Waals surface area contributed by atoms with Gasteiger partial charge in [-0.15, -0.1) is 0 Å². The summed E-state index contributed by atoms with van der Waals surface area (Å²) in [5.74, 6) is -2.44. The van der Waals surface area contributed by atoms with E-state index in [4.69, 9.17) is 5.11 Å². The average Bonchev–Trinajstić information content (AvgIpc) is 2.14. The largest absolute Gasteiger partial charge is 1.00 e. The standard InChI is InChI=1S/C4H3NO4.Cs/c6-3-1-2(4(7)8)9-5-3;/h1H,(H,5,6)(H,7,8);/q;+1/p-1. The van der Waals surface area contributed by atoms with Crippen LogP contribution in [-0.2, 0) is 0 Å². The molecule has 0 saturated carbocycles. The zero-order chi connectivity index (χ0) is 6.85. The SMILES string of the molecule is O=C([O-])c1cc(O)no1.[Cs+]. The number of aromatic nitrogens is 1. The number of nitrogens with zero attached hydrogens (tertiary/aromatic N) is 1. The van der Waals surface area contributed by atoms with E-state index in [0.717, 1.165) is 6.07 Å². The van der Waals surface area contributed by atoms with Gasteiger partial charge in [-0.25, -0.2) is 0 Å². The molecule has 1 aromatic rings. The molecule has 0 fully saturated rings. The van der Waals surface area contributed by atoms with Crippen molar-refractivity contribution in [2.75, 3.05) is 0 Å². The van der Waals surface area contributed by atoms with Crippen LogP contribution >= 0.6 is 0 Å². The van der Waals surface area contributed by atoms with Crippen LogP contribution < -0.4 is 74.0 Å². The van der Waals surface area contributed by atoms with E-state index in [1.165, 1.54) is 0 Å². The Labute approximate surface area is 115 Å². The van der Waals surface area contributed by atoms with Crippen molar-refractivity contribution in [3.63, 3.8) is 0 Å². The van der Waals surface area contributed by atoms with Crippen LogP contribution in [0.1, 0.15) is 10.6 Å². The maximum atomic E-state index is 9.86. The molecule has 1 heterocycles. The Hall–Kier alpha value is 0.532. The van der Waals surface area contributed by atoms with E-state index < -0.39 is 17.6 Å². The smallest absolute Gasteiger partial charge is 0.541 e. The molecule has 1 N–H and O–H groups in total. The third-order valence-electron chi connectivity index (χ3n) is 0.699. The van der Waals surface area contributed by atoms with Gasteiger partial charge in [0.15, 0.2) is 5.76 Å². The number of carboxylic acids is 1. The molecule has 1 aromatic heterocycles. The summed E-state index contributed by atoms with van der Waals surface area (Å²) in [6.45, 7) is 0. The van der Waals surface area contributed by atoms with Crippen molar-refractivity contribution in [1.29, 1.82) is 0 Å². The van der Waals surface area contributed by atoms with Crippen molar-refractivity contribution in [1.82, 2.24) is 5.16 Å². The second-order valence-electron chi connectivity index (χ2n) is 1.34. The Kier molecular flexibility index (Phi) is 4.65. The van der Waals surface area contributed by atoms with Gasteiger partial charge in [0.25, 0.3) is 5.88 Å². The zero-order valence-corrected chi connectivity index (χ0v) is 11.5. The van der Waals surface area contributed by atoms with Gasteiger partial charge < -0.3 is 19.5 Å². The predicted octanol–water partition coefficient (Wildman–Crippen LogP) is -4.25. The molecule has 0 amide bonds. The molecule has 0 aliphatic rings. The molecule has 6 heteroatoms. The minimum atomic E-state index is -1.50. The number of rotatable bonds is 1. The molecule has 0 aromatic carbocycles. The number of hydrogen-bond acceptors (Lipinski definition) is 5. The first-order chi connectivity index (χ1) is 4.20. The first-order valence-corrected chi connectivity index (χ1v) is 2.07. The third kappa shape index (κ3) is 2.64. The van der Waals surface area contributed by atoms with Gasteiger partial charge in [0.1, 0.15) is 5.97 Å². The molecule has 0 atom stereocenters. The third-order valence-corrected chi connectivity index (χ3v) is 0.699. The Morgan fingerprint density at radius 1 is 1.80 bits per heavy atom. The molecule has 48 valence electrons. The number of carboxylic acid groups (broad SMARTS) is 1. The topological polar surface area (TPSA) is 86.4 Å². The molecule has 0 bridgehead atoms. The first-order valence-electron chi connectivity index (χ1n) is 2.07. The fourth-order valence-electron chi connectivity index (χ4n) is 0.362. The van der Waals surface area contributed by atoms with Crippen molar-refractivity contribution < 1.29 is 88.4 Å². The maximum Gasteiger partial charge on any atom is 1.00 e. The van der Waals surface area contributed by atoms with Gasteiger partial charge in [-0.3, -0.25) is 0 Å². The summed E-state index contributed by atoms with van der Waals surface area (Å²) in [6.07, 6.45) is 0.